The third-order valence-corrected chi connectivity index (χ3v) is 4.54. The average molecular weight is 298 g/mol. The molecule has 3 rings (SSSR count). The zero-order chi connectivity index (χ0) is 15.5. The van der Waals surface area contributed by atoms with E-state index in [0.717, 1.165) is 12.8 Å². The number of esters is 1. The van der Waals surface area contributed by atoms with Crippen LogP contribution >= 0.6 is 0 Å². The Hall–Kier alpha value is -1.87. The van der Waals surface area contributed by atoms with Crippen molar-refractivity contribution in [1.29, 1.82) is 0 Å². The summed E-state index contributed by atoms with van der Waals surface area (Å²) in [6.45, 7) is 2.29. The lowest BCUT2D eigenvalue weighted by atomic mass is 9.77. The number of benzene rings is 2. The largest absolute Gasteiger partial charge is 0.466 e. The first kappa shape index (κ1) is 15.0. The molecule has 2 aromatic carbocycles. The van der Waals surface area contributed by atoms with Gasteiger partial charge in [-0.05, 0) is 47.6 Å². The van der Waals surface area contributed by atoms with Gasteiger partial charge in [0.05, 0.1) is 19.1 Å². The van der Waals surface area contributed by atoms with Gasteiger partial charge in [0, 0.05) is 7.11 Å². The number of carbonyl (C=O) groups is 1. The molecular weight excluding hydrogens is 276 g/mol. The fraction of sp³-hybridized carbons (Fsp3) is 0.421. The van der Waals surface area contributed by atoms with E-state index < -0.39 is 0 Å². The van der Waals surface area contributed by atoms with Crippen LogP contribution in [0.25, 0.3) is 10.8 Å². The number of hydrogen-bond donors (Lipinski definition) is 0. The maximum absolute atomic E-state index is 12.0. The van der Waals surface area contributed by atoms with Gasteiger partial charge >= 0.3 is 5.97 Å². The molecule has 0 saturated heterocycles. The first-order chi connectivity index (χ1) is 10.7. The highest BCUT2D eigenvalue weighted by Crippen LogP contribution is 2.44. The molecule has 3 heteroatoms. The van der Waals surface area contributed by atoms with Crippen molar-refractivity contribution < 1.29 is 14.3 Å². The van der Waals surface area contributed by atoms with E-state index in [1.165, 1.54) is 21.9 Å². The molecule has 0 saturated carbocycles. The second-order valence-electron chi connectivity index (χ2n) is 5.80. The molecule has 0 bridgehead atoms. The van der Waals surface area contributed by atoms with Gasteiger partial charge in [0.15, 0.2) is 0 Å². The lowest BCUT2D eigenvalue weighted by Crippen LogP contribution is -2.19. The Bertz CT molecular complexity index is 677. The van der Waals surface area contributed by atoms with E-state index in [-0.39, 0.29) is 18.0 Å². The van der Waals surface area contributed by atoms with Crippen LogP contribution in [0.1, 0.15) is 49.3 Å². The molecule has 1 aliphatic rings. The van der Waals surface area contributed by atoms with Gasteiger partial charge in [0.1, 0.15) is 0 Å². The monoisotopic (exact) mass is 298 g/mol. The highest BCUT2D eigenvalue weighted by molar-refractivity contribution is 5.88. The van der Waals surface area contributed by atoms with Crippen LogP contribution < -0.4 is 0 Å². The van der Waals surface area contributed by atoms with E-state index >= 15 is 0 Å². The molecule has 116 valence electrons. The first-order valence-corrected chi connectivity index (χ1v) is 7.94. The molecule has 22 heavy (non-hydrogen) atoms. The summed E-state index contributed by atoms with van der Waals surface area (Å²) in [7, 11) is 1.76. The minimum absolute atomic E-state index is 0.109. The van der Waals surface area contributed by atoms with E-state index in [1.807, 2.05) is 13.0 Å². The number of carbonyl (C=O) groups excluding carboxylic acids is 1. The molecule has 0 spiro atoms. The van der Waals surface area contributed by atoms with Crippen molar-refractivity contribution in [2.45, 2.75) is 38.2 Å². The zero-order valence-electron chi connectivity index (χ0n) is 13.2. The number of ether oxygens (including phenoxy) is 2. The van der Waals surface area contributed by atoms with Crippen molar-refractivity contribution in [1.82, 2.24) is 0 Å². The normalized spacial score (nSPS) is 20.6. The van der Waals surface area contributed by atoms with Crippen LogP contribution in [0, 0.1) is 0 Å². The van der Waals surface area contributed by atoms with Crippen LogP contribution in [0.15, 0.2) is 36.4 Å². The number of methoxy groups -OCH3 is 1. The summed E-state index contributed by atoms with van der Waals surface area (Å²) in [5.74, 6) is 0.105. The fourth-order valence-electron chi connectivity index (χ4n) is 3.57. The Morgan fingerprint density at radius 3 is 2.77 bits per heavy atom. The summed E-state index contributed by atoms with van der Waals surface area (Å²) in [4.78, 5) is 12.0. The molecule has 3 nitrogen and oxygen atoms in total. The van der Waals surface area contributed by atoms with Crippen LogP contribution in [0.5, 0.6) is 0 Å². The molecule has 0 N–H and O–H groups in total. The highest BCUT2D eigenvalue weighted by atomic mass is 16.5. The van der Waals surface area contributed by atoms with Crippen molar-refractivity contribution in [2.24, 2.45) is 0 Å². The van der Waals surface area contributed by atoms with Gasteiger partial charge in [-0.3, -0.25) is 4.79 Å². The van der Waals surface area contributed by atoms with Crippen molar-refractivity contribution in [3.63, 3.8) is 0 Å². The third kappa shape index (κ3) is 2.73. The Kier molecular flexibility index (Phi) is 4.44. The quantitative estimate of drug-likeness (QED) is 0.787. The van der Waals surface area contributed by atoms with Gasteiger partial charge in [-0.2, -0.15) is 0 Å². The van der Waals surface area contributed by atoms with Crippen molar-refractivity contribution in [2.75, 3.05) is 13.7 Å². The topological polar surface area (TPSA) is 35.5 Å². The molecule has 1 aliphatic carbocycles. The van der Waals surface area contributed by atoms with E-state index in [1.54, 1.807) is 7.11 Å². The summed E-state index contributed by atoms with van der Waals surface area (Å²) in [6.07, 6.45) is 2.48. The predicted molar refractivity (Wildman–Crippen MR) is 86.9 cm³/mol. The second-order valence-corrected chi connectivity index (χ2v) is 5.80. The molecule has 2 atom stereocenters. The Morgan fingerprint density at radius 2 is 2.00 bits per heavy atom. The lowest BCUT2D eigenvalue weighted by molar-refractivity contribution is -0.143. The molecule has 0 fully saturated rings. The van der Waals surface area contributed by atoms with Crippen LogP contribution in [-0.4, -0.2) is 19.7 Å². The van der Waals surface area contributed by atoms with Gasteiger partial charge < -0.3 is 9.47 Å². The SMILES string of the molecule is CCOC(=O)CC1CCC(OC)c2ccc3ccccc3c21. The summed E-state index contributed by atoms with van der Waals surface area (Å²) in [5.41, 5.74) is 2.49. The van der Waals surface area contributed by atoms with Gasteiger partial charge in [-0.1, -0.05) is 36.4 Å². The summed E-state index contributed by atoms with van der Waals surface area (Å²) < 4.78 is 10.8. The minimum Gasteiger partial charge on any atom is -0.466 e. The van der Waals surface area contributed by atoms with E-state index in [4.69, 9.17) is 9.47 Å². The highest BCUT2D eigenvalue weighted by Gasteiger charge is 2.30. The maximum Gasteiger partial charge on any atom is 0.306 e. The van der Waals surface area contributed by atoms with Crippen molar-refractivity contribution in [3.05, 3.63) is 47.5 Å². The standard InChI is InChI=1S/C19H22O3/c1-3-22-18(20)12-14-9-11-17(21-2)16-10-8-13-6-4-5-7-15(13)19(14)16/h4-8,10,14,17H,3,9,11-12H2,1-2H3. The molecule has 2 aromatic rings. The Balaban J connectivity index is 2.06. The third-order valence-electron chi connectivity index (χ3n) is 4.54. The molecular formula is C19H22O3. The molecule has 2 unspecified atom stereocenters. The molecule has 0 radical (unpaired) electrons. The maximum atomic E-state index is 12.0. The van der Waals surface area contributed by atoms with E-state index in [9.17, 15) is 4.79 Å². The summed E-state index contributed by atoms with van der Waals surface area (Å²) >= 11 is 0. The van der Waals surface area contributed by atoms with Gasteiger partial charge in [-0.25, -0.2) is 0 Å². The summed E-state index contributed by atoms with van der Waals surface area (Å²) in [6, 6.07) is 12.7. The predicted octanol–water partition coefficient (Wildman–Crippen LogP) is 4.36. The average Bonchev–Trinajstić information content (AvgIpc) is 2.55. The van der Waals surface area contributed by atoms with Crippen LogP contribution in [0.4, 0.5) is 0 Å². The van der Waals surface area contributed by atoms with Crippen LogP contribution in [0.3, 0.4) is 0 Å². The lowest BCUT2D eigenvalue weighted by Gasteiger charge is -2.31. The van der Waals surface area contributed by atoms with E-state index in [0.29, 0.717) is 13.0 Å². The van der Waals surface area contributed by atoms with Crippen molar-refractivity contribution >= 4 is 16.7 Å². The summed E-state index contributed by atoms with van der Waals surface area (Å²) in [5, 5.41) is 2.45. The zero-order valence-corrected chi connectivity index (χ0v) is 13.2. The minimum atomic E-state index is -0.109. The van der Waals surface area contributed by atoms with Crippen LogP contribution in [-0.2, 0) is 14.3 Å². The second kappa shape index (κ2) is 6.49. The van der Waals surface area contributed by atoms with E-state index in [2.05, 4.69) is 30.3 Å². The Morgan fingerprint density at radius 1 is 1.18 bits per heavy atom. The molecule has 0 amide bonds. The molecule has 0 aliphatic heterocycles. The van der Waals surface area contributed by atoms with Gasteiger partial charge in [0.25, 0.3) is 0 Å². The molecule has 0 heterocycles. The van der Waals surface area contributed by atoms with Gasteiger partial charge in [-0.15, -0.1) is 0 Å². The fourth-order valence-corrected chi connectivity index (χ4v) is 3.57. The van der Waals surface area contributed by atoms with Crippen molar-refractivity contribution in [3.8, 4) is 0 Å². The Labute approximate surface area is 131 Å². The number of fused-ring (bicyclic) bond motifs is 3. The smallest absolute Gasteiger partial charge is 0.306 e. The number of hydrogen-bond acceptors (Lipinski definition) is 3. The molecule has 0 aromatic heterocycles. The van der Waals surface area contributed by atoms with Gasteiger partial charge in [0.2, 0.25) is 0 Å². The van der Waals surface area contributed by atoms with Crippen LogP contribution in [0.2, 0.25) is 0 Å². The number of rotatable bonds is 4. The first-order valence-electron chi connectivity index (χ1n) is 7.94.